The molecule has 0 spiro atoms. The zero-order valence-electron chi connectivity index (χ0n) is 16.8. The second-order valence-corrected chi connectivity index (χ2v) is 7.95. The van der Waals surface area contributed by atoms with Crippen molar-refractivity contribution in [2.75, 3.05) is 42.1 Å². The first-order chi connectivity index (χ1) is 14.7. The summed E-state index contributed by atoms with van der Waals surface area (Å²) in [6.07, 6.45) is 7.70. The topological polar surface area (TPSA) is 114 Å². The average molecular weight is 406 g/mol. The van der Waals surface area contributed by atoms with Gasteiger partial charge in [-0.15, -0.1) is 0 Å². The molecule has 30 heavy (non-hydrogen) atoms. The summed E-state index contributed by atoms with van der Waals surface area (Å²) in [6, 6.07) is 5.79. The van der Waals surface area contributed by atoms with E-state index < -0.39 is 0 Å². The van der Waals surface area contributed by atoms with E-state index in [0.717, 1.165) is 68.8 Å². The zero-order chi connectivity index (χ0) is 20.5. The number of aromatic nitrogens is 4. The Morgan fingerprint density at radius 2 is 1.90 bits per heavy atom. The number of nitrogens with two attached hydrogens (primary N) is 1. The lowest BCUT2D eigenvalue weighted by molar-refractivity contribution is 0.517. The van der Waals surface area contributed by atoms with Gasteiger partial charge < -0.3 is 21.3 Å². The molecule has 9 nitrogen and oxygen atoms in total. The van der Waals surface area contributed by atoms with Crippen molar-refractivity contribution in [2.45, 2.75) is 31.7 Å². The molecule has 1 saturated heterocycles. The highest BCUT2D eigenvalue weighted by Crippen LogP contribution is 2.31. The van der Waals surface area contributed by atoms with Crippen molar-refractivity contribution in [3.63, 3.8) is 0 Å². The Kier molecular flexibility index (Phi) is 4.96. The van der Waals surface area contributed by atoms with Crippen molar-refractivity contribution in [3.05, 3.63) is 40.9 Å². The van der Waals surface area contributed by atoms with Gasteiger partial charge in [-0.25, -0.2) is 9.97 Å². The van der Waals surface area contributed by atoms with E-state index in [1.165, 1.54) is 0 Å². The quantitative estimate of drug-likeness (QED) is 0.603. The second-order valence-electron chi connectivity index (χ2n) is 7.95. The number of nitrogens with zero attached hydrogens (tertiary/aromatic N) is 5. The number of hydrogen-bond acceptors (Lipinski definition) is 8. The van der Waals surface area contributed by atoms with E-state index in [4.69, 9.17) is 5.73 Å². The molecule has 1 aliphatic carbocycles. The minimum atomic E-state index is -0.166. The van der Waals surface area contributed by atoms with Crippen molar-refractivity contribution < 1.29 is 0 Å². The number of piperazine rings is 1. The molecule has 0 unspecified atom stereocenters. The minimum absolute atomic E-state index is 0.145. The predicted octanol–water partition coefficient (Wildman–Crippen LogP) is 2.04. The third kappa shape index (κ3) is 3.56. The minimum Gasteiger partial charge on any atom is -0.394 e. The van der Waals surface area contributed by atoms with Crippen molar-refractivity contribution >= 4 is 34.2 Å². The Labute approximate surface area is 174 Å². The monoisotopic (exact) mass is 406 g/mol. The fourth-order valence-corrected chi connectivity index (χ4v) is 4.37. The smallest absolute Gasteiger partial charge is 0.275 e. The third-order valence-electron chi connectivity index (χ3n) is 5.94. The van der Waals surface area contributed by atoms with Crippen molar-refractivity contribution in [2.24, 2.45) is 0 Å². The maximum absolute atomic E-state index is 12.8. The lowest BCUT2D eigenvalue weighted by atomic mass is 10.2. The molecule has 3 aromatic rings. The number of pyridine rings is 2. The van der Waals surface area contributed by atoms with E-state index >= 15 is 0 Å². The van der Waals surface area contributed by atoms with Gasteiger partial charge in [0.1, 0.15) is 11.5 Å². The van der Waals surface area contributed by atoms with E-state index in [9.17, 15) is 4.79 Å². The fraction of sp³-hybridized carbons (Fsp3) is 0.429. The van der Waals surface area contributed by atoms with Gasteiger partial charge in [-0.1, -0.05) is 12.8 Å². The number of nitrogens with one attached hydrogen (secondary N) is 2. The molecule has 4 N–H and O–H groups in total. The fourth-order valence-electron chi connectivity index (χ4n) is 4.37. The van der Waals surface area contributed by atoms with E-state index in [-0.39, 0.29) is 17.3 Å². The molecule has 3 aromatic heterocycles. The Morgan fingerprint density at radius 3 is 2.63 bits per heavy atom. The van der Waals surface area contributed by atoms with Crippen LogP contribution in [0, 0.1) is 0 Å². The van der Waals surface area contributed by atoms with Gasteiger partial charge in [0.2, 0.25) is 5.95 Å². The van der Waals surface area contributed by atoms with Crippen molar-refractivity contribution in [3.8, 4) is 0 Å². The molecule has 1 saturated carbocycles. The van der Waals surface area contributed by atoms with Crippen molar-refractivity contribution in [1.82, 2.24) is 24.8 Å². The lowest BCUT2D eigenvalue weighted by Crippen LogP contribution is -2.43. The van der Waals surface area contributed by atoms with Crippen LogP contribution in [0.4, 0.5) is 23.1 Å². The Morgan fingerprint density at radius 1 is 1.10 bits per heavy atom. The highest BCUT2D eigenvalue weighted by molar-refractivity contribution is 5.79. The maximum Gasteiger partial charge on any atom is 0.275 e. The van der Waals surface area contributed by atoms with Gasteiger partial charge >= 0.3 is 0 Å². The summed E-state index contributed by atoms with van der Waals surface area (Å²) in [5.74, 6) is 1.40. The average Bonchev–Trinajstić information content (AvgIpc) is 3.30. The molecule has 0 radical (unpaired) electrons. The second kappa shape index (κ2) is 7.91. The summed E-state index contributed by atoms with van der Waals surface area (Å²) in [6.45, 7) is 3.85. The van der Waals surface area contributed by atoms with Crippen LogP contribution in [-0.4, -0.2) is 45.7 Å². The van der Waals surface area contributed by atoms with Crippen LogP contribution >= 0.6 is 0 Å². The van der Waals surface area contributed by atoms with Gasteiger partial charge in [-0.2, -0.15) is 4.98 Å². The Balaban J connectivity index is 1.44. The van der Waals surface area contributed by atoms with Crippen LogP contribution in [-0.2, 0) is 0 Å². The Hall–Kier alpha value is -3.20. The molecule has 0 aromatic carbocycles. The molecule has 1 aliphatic heterocycles. The molecule has 4 heterocycles. The van der Waals surface area contributed by atoms with Crippen LogP contribution in [0.2, 0.25) is 0 Å². The molecule has 156 valence electrons. The summed E-state index contributed by atoms with van der Waals surface area (Å²) >= 11 is 0. The summed E-state index contributed by atoms with van der Waals surface area (Å²) in [5.41, 5.74) is 7.48. The number of anilines is 4. The largest absolute Gasteiger partial charge is 0.394 e. The van der Waals surface area contributed by atoms with Crippen LogP contribution in [0.3, 0.4) is 0 Å². The highest BCUT2D eigenvalue weighted by Gasteiger charge is 2.22. The van der Waals surface area contributed by atoms with Gasteiger partial charge in [-0.05, 0) is 31.0 Å². The first-order valence-electron chi connectivity index (χ1n) is 10.6. The molecule has 2 fully saturated rings. The predicted molar refractivity (Wildman–Crippen MR) is 118 cm³/mol. The molecular formula is C21H26N8O. The van der Waals surface area contributed by atoms with Crippen LogP contribution < -0.4 is 26.8 Å². The number of hydrogen-bond donors (Lipinski definition) is 3. The molecule has 0 atom stereocenters. The molecule has 2 aliphatic rings. The molecule has 5 rings (SSSR count). The molecular weight excluding hydrogens is 380 g/mol. The molecule has 0 bridgehead atoms. The van der Waals surface area contributed by atoms with Crippen LogP contribution in [0.15, 0.2) is 35.4 Å². The normalized spacial score (nSPS) is 17.5. The van der Waals surface area contributed by atoms with E-state index in [1.54, 1.807) is 23.0 Å². The molecule has 0 amide bonds. The number of fused-ring (bicyclic) bond motifs is 1. The third-order valence-corrected chi connectivity index (χ3v) is 5.94. The maximum atomic E-state index is 12.8. The standard InChI is InChI=1S/C21H26N8O/c22-17-11-14-12-25-21(27-19(14)29(20(17)30)16-3-1-2-4-16)26-15-5-6-18(24-13-15)28-9-7-23-8-10-28/h5-6,11-13,16,23H,1-4,7-10,22H2,(H,25,26,27). The van der Waals surface area contributed by atoms with Crippen LogP contribution in [0.5, 0.6) is 0 Å². The number of rotatable bonds is 4. The first kappa shape index (κ1) is 18.8. The van der Waals surface area contributed by atoms with Gasteiger partial charge in [0.15, 0.2) is 0 Å². The molecule has 9 heteroatoms. The first-order valence-corrected chi connectivity index (χ1v) is 10.6. The van der Waals surface area contributed by atoms with Gasteiger partial charge in [0.25, 0.3) is 5.56 Å². The van der Waals surface area contributed by atoms with Crippen LogP contribution in [0.25, 0.3) is 11.0 Å². The summed E-state index contributed by atoms with van der Waals surface area (Å²) in [7, 11) is 0. The summed E-state index contributed by atoms with van der Waals surface area (Å²) in [4.78, 5) is 28.7. The van der Waals surface area contributed by atoms with E-state index in [2.05, 4.69) is 30.5 Å². The lowest BCUT2D eigenvalue weighted by Gasteiger charge is -2.28. The summed E-state index contributed by atoms with van der Waals surface area (Å²) < 4.78 is 1.76. The van der Waals surface area contributed by atoms with Gasteiger partial charge in [0, 0.05) is 43.8 Å². The highest BCUT2D eigenvalue weighted by atomic mass is 16.1. The van der Waals surface area contributed by atoms with E-state index in [0.29, 0.717) is 11.6 Å². The Bertz CT molecular complexity index is 1100. The van der Waals surface area contributed by atoms with E-state index in [1.807, 2.05) is 12.1 Å². The van der Waals surface area contributed by atoms with Crippen LogP contribution in [0.1, 0.15) is 31.7 Å². The number of nitrogen functional groups attached to an aromatic ring is 1. The summed E-state index contributed by atoms with van der Waals surface area (Å²) in [5, 5.41) is 7.34. The van der Waals surface area contributed by atoms with Gasteiger partial charge in [-0.3, -0.25) is 9.36 Å². The van der Waals surface area contributed by atoms with Gasteiger partial charge in [0.05, 0.1) is 17.6 Å². The SMILES string of the molecule is Nc1cc2cnc(Nc3ccc(N4CCNCC4)nc3)nc2n(C2CCCC2)c1=O. The zero-order valence-corrected chi connectivity index (χ0v) is 16.8. The van der Waals surface area contributed by atoms with Crippen molar-refractivity contribution in [1.29, 1.82) is 0 Å².